The molecule has 1 aromatic heterocycles. The highest BCUT2D eigenvalue weighted by atomic mass is 32.2. The van der Waals surface area contributed by atoms with E-state index in [1.807, 2.05) is 81.5 Å². The van der Waals surface area contributed by atoms with Crippen molar-refractivity contribution in [3.63, 3.8) is 0 Å². The zero-order valence-electron chi connectivity index (χ0n) is 53.6. The summed E-state index contributed by atoms with van der Waals surface area (Å²) in [6.45, 7) is 22.3. The van der Waals surface area contributed by atoms with Crippen LogP contribution in [-0.4, -0.2) is 201 Å². The molecule has 2 bridgehead atoms. The lowest BCUT2D eigenvalue weighted by molar-refractivity contribution is -0.343. The number of carbonyl (C=O) groups is 2. The predicted octanol–water partition coefficient (Wildman–Crippen LogP) is 8.82. The number of allylic oxidation sites excluding steroid dienone is 3. The standard InChI is InChI=1S/C63H103N5O15SSi/c1-39-33-44-34-53(83-85(15,16)62(6,7)8)79-49(35-51(70)74-40(2)25-20-17-18-23-29-48(39)78-52-32-31-47(66(10)11)41(3)75-52)59(73-14)58(44)82-61-56(71)55(67(12)13)57(42(4)77-61)81-54-36-63(9,72)60(43(5)76-54)80-50(69)30-24-26-45-37-68(65-64-45)38-84-46-27-21-19-22-28-46/h17-19,21-23,27-29,37,39-44,47-49,52-61,71-72H,20,24-26,30-36,38H2,1-16H3/b18-17+,29-23+/t39-,40-,41-,42-,43+,44-,47+,48+,49-,52+,53?,54+,55-,56-,57-,58+,59+,60+,61+,63-/m1/s1. The first kappa shape index (κ1) is 69.3. The summed E-state index contributed by atoms with van der Waals surface area (Å²) in [7, 11) is 6.96. The fourth-order valence-electron chi connectivity index (χ4n) is 12.3. The van der Waals surface area contributed by atoms with Gasteiger partial charge in [0.1, 0.15) is 30.2 Å². The van der Waals surface area contributed by atoms with Gasteiger partial charge in [-0.15, -0.1) is 16.9 Å². The molecular formula is C63H103N5O15SSi. The number of aliphatic hydroxyl groups excluding tert-OH is 1. The van der Waals surface area contributed by atoms with Gasteiger partial charge in [-0.1, -0.05) is 75.4 Å². The number of thioether (sulfide) groups is 1. The van der Waals surface area contributed by atoms with Gasteiger partial charge in [0.05, 0.1) is 66.8 Å². The largest absolute Gasteiger partial charge is 0.463 e. The van der Waals surface area contributed by atoms with Gasteiger partial charge in [-0.3, -0.25) is 9.59 Å². The van der Waals surface area contributed by atoms with Crippen molar-refractivity contribution in [3.8, 4) is 0 Å². The molecule has 0 radical (unpaired) electrons. The number of fused-ring (bicyclic) bond motifs is 3. The van der Waals surface area contributed by atoms with Crippen molar-refractivity contribution in [1.82, 2.24) is 24.8 Å². The summed E-state index contributed by atoms with van der Waals surface area (Å²) in [4.78, 5) is 32.6. The highest BCUT2D eigenvalue weighted by molar-refractivity contribution is 7.98. The van der Waals surface area contributed by atoms with Gasteiger partial charge < -0.3 is 71.8 Å². The van der Waals surface area contributed by atoms with Crippen molar-refractivity contribution >= 4 is 32.0 Å². The third-order valence-electron chi connectivity index (χ3n) is 18.0. The number of ether oxygens (including phenoxy) is 10. The number of hydrogen-bond donors (Lipinski definition) is 2. The van der Waals surface area contributed by atoms with Crippen LogP contribution in [0.3, 0.4) is 0 Å². The molecule has 4 saturated heterocycles. The van der Waals surface area contributed by atoms with E-state index in [0.29, 0.717) is 44.4 Å². The van der Waals surface area contributed by atoms with E-state index in [0.717, 1.165) is 23.4 Å². The Morgan fingerprint density at radius 2 is 1.60 bits per heavy atom. The maximum Gasteiger partial charge on any atom is 0.308 e. The molecule has 0 spiro atoms. The number of hydrogen-bond acceptors (Lipinski definition) is 20. The van der Waals surface area contributed by atoms with Gasteiger partial charge in [-0.25, -0.2) is 4.68 Å². The number of cyclic esters (lactones) is 1. The molecule has 20 atom stereocenters. The Hall–Kier alpha value is -3.17. The summed E-state index contributed by atoms with van der Waals surface area (Å²) in [6, 6.07) is 9.63. The van der Waals surface area contributed by atoms with E-state index in [-0.39, 0.29) is 60.5 Å². The van der Waals surface area contributed by atoms with E-state index in [1.54, 1.807) is 37.4 Å². The molecule has 1 aromatic carbocycles. The van der Waals surface area contributed by atoms with Crippen molar-refractivity contribution in [2.24, 2.45) is 11.8 Å². The van der Waals surface area contributed by atoms with Crippen LogP contribution in [0.25, 0.3) is 0 Å². The maximum absolute atomic E-state index is 14.1. The zero-order valence-corrected chi connectivity index (χ0v) is 55.4. The number of aryl methyl sites for hydroxylation is 1. The van der Waals surface area contributed by atoms with Crippen molar-refractivity contribution in [2.45, 2.75) is 272 Å². The van der Waals surface area contributed by atoms with Gasteiger partial charge in [0, 0.05) is 43.5 Å². The van der Waals surface area contributed by atoms with Crippen LogP contribution in [0.1, 0.15) is 132 Å². The lowest BCUT2D eigenvalue weighted by Gasteiger charge is -2.50. The molecule has 7 rings (SSSR count). The first-order chi connectivity index (χ1) is 40.1. The summed E-state index contributed by atoms with van der Waals surface area (Å²) in [5.74, 6) is -0.763. The molecule has 6 heterocycles. The average molecular weight is 1230 g/mol. The lowest BCUT2D eigenvalue weighted by atomic mass is 9.82. The highest BCUT2D eigenvalue weighted by Gasteiger charge is 2.54. The van der Waals surface area contributed by atoms with E-state index >= 15 is 0 Å². The number of esters is 2. The third kappa shape index (κ3) is 19.2. The molecule has 0 saturated carbocycles. The van der Waals surface area contributed by atoms with Crippen molar-refractivity contribution in [3.05, 3.63) is 66.5 Å². The number of aliphatic hydroxyl groups is 2. The minimum Gasteiger partial charge on any atom is -0.463 e. The molecule has 4 fully saturated rings. The highest BCUT2D eigenvalue weighted by Crippen LogP contribution is 2.44. The quantitative estimate of drug-likeness (QED) is 0.0764. The number of nitrogens with zero attached hydrogens (tertiary/aromatic N) is 5. The summed E-state index contributed by atoms with van der Waals surface area (Å²) in [5.41, 5.74) is -0.761. The molecule has 2 aromatic rings. The summed E-state index contributed by atoms with van der Waals surface area (Å²) < 4.78 is 75.1. The summed E-state index contributed by atoms with van der Waals surface area (Å²) in [5, 5.41) is 33.0. The van der Waals surface area contributed by atoms with Gasteiger partial charge in [-0.05, 0) is 150 Å². The van der Waals surface area contributed by atoms with E-state index in [9.17, 15) is 19.8 Å². The van der Waals surface area contributed by atoms with E-state index < -0.39 is 106 Å². The molecule has 5 aliphatic rings. The van der Waals surface area contributed by atoms with E-state index in [4.69, 9.17) is 51.8 Å². The van der Waals surface area contributed by atoms with Crippen molar-refractivity contribution in [1.29, 1.82) is 0 Å². The summed E-state index contributed by atoms with van der Waals surface area (Å²) >= 11 is 1.65. The predicted molar refractivity (Wildman–Crippen MR) is 326 cm³/mol. The van der Waals surface area contributed by atoms with Crippen LogP contribution in [0.2, 0.25) is 18.1 Å². The van der Waals surface area contributed by atoms with E-state index in [2.05, 4.69) is 89.2 Å². The third-order valence-corrected chi connectivity index (χ3v) is 23.5. The molecule has 85 heavy (non-hydrogen) atoms. The Morgan fingerprint density at radius 1 is 0.871 bits per heavy atom. The minimum atomic E-state index is -2.51. The van der Waals surface area contributed by atoms with Gasteiger partial charge >= 0.3 is 11.9 Å². The fraction of sp³-hybridized carbons (Fsp3) is 0.778. The second-order valence-corrected chi connectivity index (χ2v) is 32.3. The number of likely N-dealkylation sites (N-methyl/N-ethyl adjacent to an activating group) is 2. The maximum atomic E-state index is 14.1. The van der Waals surface area contributed by atoms with Crippen molar-refractivity contribution in [2.75, 3.05) is 35.3 Å². The molecule has 22 heteroatoms. The topological polar surface area (TPSA) is 213 Å². The number of aromatic nitrogens is 3. The van der Waals surface area contributed by atoms with Crippen LogP contribution in [0, 0.1) is 11.8 Å². The molecule has 20 nitrogen and oxygen atoms in total. The number of methoxy groups -OCH3 is 1. The fourth-order valence-corrected chi connectivity index (χ4v) is 14.3. The van der Waals surface area contributed by atoms with Gasteiger partial charge in [-0.2, -0.15) is 0 Å². The Morgan fingerprint density at radius 3 is 2.27 bits per heavy atom. The molecule has 480 valence electrons. The van der Waals surface area contributed by atoms with Crippen LogP contribution >= 0.6 is 11.8 Å². The van der Waals surface area contributed by atoms with Crippen molar-refractivity contribution < 1.29 is 71.6 Å². The first-order valence-electron chi connectivity index (χ1n) is 30.9. The number of benzene rings is 1. The Kier molecular flexibility index (Phi) is 25.3. The van der Waals surface area contributed by atoms with Gasteiger partial charge in [0.25, 0.3) is 0 Å². The SMILES string of the molecule is CO[C@@H]1[C@@H](O[C@@H]2O[C@H](C)[C@@H](O[C@H]3C[C@@](C)(O)[C@@H](OC(=O)CCCc4cn(CSc5ccccc5)nn4)[C@H](C)O3)[C@H](N(C)C)[C@H]2O)[C@H]2CC(O[Si](C)(C)C(C)(C)C)O[C@@H]1CC(=O)O[C@H](C)CC/C=C/C=C/[C@H](O[C@H]1CC[C@H](N(C)C)[C@@H](C)O1)[C@H](C)C2. The van der Waals surface area contributed by atoms with Crippen LogP contribution in [-0.2, 0) is 73.7 Å². The summed E-state index contributed by atoms with van der Waals surface area (Å²) in [6.07, 6.45) is 3.78. The number of rotatable bonds is 19. The molecular weight excluding hydrogens is 1130 g/mol. The molecule has 5 aliphatic heterocycles. The smallest absolute Gasteiger partial charge is 0.308 e. The van der Waals surface area contributed by atoms with Crippen LogP contribution in [0.15, 0.2) is 65.7 Å². The Balaban J connectivity index is 1.08. The number of carbonyl (C=O) groups excluding carboxylic acids is 2. The molecule has 2 N–H and O–H groups in total. The second-order valence-electron chi connectivity index (χ2n) is 26.6. The minimum absolute atomic E-state index is 0.0316. The Bertz CT molecular complexity index is 2450. The monoisotopic (exact) mass is 1230 g/mol. The average Bonchev–Trinajstić information content (AvgIpc) is 2.78. The van der Waals surface area contributed by atoms with E-state index in [1.165, 1.54) is 0 Å². The Labute approximate surface area is 511 Å². The van der Waals surface area contributed by atoms with Crippen LogP contribution < -0.4 is 0 Å². The normalized spacial score (nSPS) is 37.5. The first-order valence-corrected chi connectivity index (χ1v) is 34.8. The molecule has 0 amide bonds. The van der Waals surface area contributed by atoms with Crippen LogP contribution in [0.5, 0.6) is 0 Å². The lowest BCUT2D eigenvalue weighted by Crippen LogP contribution is -2.65. The van der Waals surface area contributed by atoms with Gasteiger partial charge in [0.2, 0.25) is 0 Å². The second kappa shape index (κ2) is 31.0. The molecule has 0 aliphatic carbocycles. The zero-order chi connectivity index (χ0) is 62.0. The van der Waals surface area contributed by atoms with Crippen LogP contribution in [0.4, 0.5) is 0 Å². The van der Waals surface area contributed by atoms with Gasteiger partial charge in [0.15, 0.2) is 33.3 Å². The molecule has 1 unspecified atom stereocenters.